The molecule has 3 nitrogen and oxygen atoms in total. The largest absolute Gasteiger partial charge is 0.471 e. The van der Waals surface area contributed by atoms with Crippen LogP contribution < -0.4 is 5.32 Å². The molecule has 1 aromatic rings. The minimum Gasteiger partial charge on any atom is -0.348 e. The first kappa shape index (κ1) is 11.0. The van der Waals surface area contributed by atoms with Gasteiger partial charge in [0.05, 0.1) is 5.51 Å². The van der Waals surface area contributed by atoms with Crippen molar-refractivity contribution in [3.63, 3.8) is 0 Å². The topological polar surface area (TPSA) is 42.0 Å². The van der Waals surface area contributed by atoms with Gasteiger partial charge in [0.15, 0.2) is 0 Å². The number of aromatic nitrogens is 1. The van der Waals surface area contributed by atoms with Crippen molar-refractivity contribution in [1.29, 1.82) is 0 Å². The zero-order valence-corrected chi connectivity index (χ0v) is 7.78. The number of hydrogen-bond donors (Lipinski definition) is 1. The van der Waals surface area contributed by atoms with E-state index in [0.717, 1.165) is 4.88 Å². The summed E-state index contributed by atoms with van der Waals surface area (Å²) in [7, 11) is 0. The van der Waals surface area contributed by atoms with Gasteiger partial charge in [0, 0.05) is 24.0 Å². The summed E-state index contributed by atoms with van der Waals surface area (Å²) in [5.41, 5.74) is 1.58. The van der Waals surface area contributed by atoms with Crippen LogP contribution >= 0.6 is 11.3 Å². The van der Waals surface area contributed by atoms with Crippen molar-refractivity contribution in [3.05, 3.63) is 16.6 Å². The highest BCUT2D eigenvalue weighted by Crippen LogP contribution is 2.14. The second-order valence-corrected chi connectivity index (χ2v) is 3.44. The van der Waals surface area contributed by atoms with Crippen molar-refractivity contribution < 1.29 is 18.0 Å². The maximum atomic E-state index is 11.7. The predicted molar refractivity (Wildman–Crippen MR) is 44.9 cm³/mol. The molecule has 0 bridgehead atoms. The van der Waals surface area contributed by atoms with Crippen molar-refractivity contribution in [3.8, 4) is 0 Å². The number of thiazole rings is 1. The fourth-order valence-electron chi connectivity index (χ4n) is 0.765. The summed E-state index contributed by atoms with van der Waals surface area (Å²) in [6.07, 6.45) is -2.87. The number of carbonyl (C=O) groups excluding carboxylic acids is 1. The average molecular weight is 224 g/mol. The number of nitrogens with one attached hydrogen (secondary N) is 1. The van der Waals surface area contributed by atoms with Crippen LogP contribution in [0.25, 0.3) is 0 Å². The van der Waals surface area contributed by atoms with E-state index in [0.29, 0.717) is 6.42 Å². The average Bonchev–Trinajstić information content (AvgIpc) is 2.55. The minimum atomic E-state index is -4.80. The number of alkyl halides is 3. The fourth-order valence-corrected chi connectivity index (χ4v) is 1.36. The Morgan fingerprint density at radius 1 is 1.57 bits per heavy atom. The molecule has 14 heavy (non-hydrogen) atoms. The third-order valence-corrected chi connectivity index (χ3v) is 2.24. The molecule has 0 unspecified atom stereocenters. The lowest BCUT2D eigenvalue weighted by atomic mass is 10.4. The lowest BCUT2D eigenvalue weighted by Crippen LogP contribution is -2.37. The van der Waals surface area contributed by atoms with Crippen LogP contribution in [0.5, 0.6) is 0 Å². The number of hydrogen-bond acceptors (Lipinski definition) is 3. The van der Waals surface area contributed by atoms with Crippen LogP contribution in [0.4, 0.5) is 13.2 Å². The zero-order valence-electron chi connectivity index (χ0n) is 6.97. The minimum absolute atomic E-state index is 0.0272. The maximum Gasteiger partial charge on any atom is 0.471 e. The molecular weight excluding hydrogens is 217 g/mol. The predicted octanol–water partition coefficient (Wildman–Crippen LogP) is 1.36. The van der Waals surface area contributed by atoms with E-state index in [1.165, 1.54) is 11.3 Å². The Hall–Kier alpha value is -1.11. The highest BCUT2D eigenvalue weighted by atomic mass is 32.1. The lowest BCUT2D eigenvalue weighted by molar-refractivity contribution is -0.173. The van der Waals surface area contributed by atoms with Gasteiger partial charge in [-0.1, -0.05) is 0 Å². The summed E-state index contributed by atoms with van der Waals surface area (Å²) in [5, 5.41) is 1.78. The van der Waals surface area contributed by atoms with Crippen molar-refractivity contribution >= 4 is 17.2 Å². The van der Waals surface area contributed by atoms with Crippen molar-refractivity contribution in [2.24, 2.45) is 0 Å². The second kappa shape index (κ2) is 4.41. The van der Waals surface area contributed by atoms with Gasteiger partial charge in [-0.05, 0) is 0 Å². The standard InChI is InChI=1S/C7H7F3N2OS/c8-7(9,10)6(13)12-2-1-5-3-11-4-14-5/h3-4H,1-2H2,(H,12,13). The van der Waals surface area contributed by atoms with E-state index in [1.54, 1.807) is 17.0 Å². The molecule has 1 rings (SSSR count). The molecule has 78 valence electrons. The zero-order chi connectivity index (χ0) is 10.6. The van der Waals surface area contributed by atoms with Crippen molar-refractivity contribution in [2.75, 3.05) is 6.54 Å². The summed E-state index contributed by atoms with van der Waals surface area (Å²) < 4.78 is 35.1. The van der Waals surface area contributed by atoms with Crippen molar-refractivity contribution in [2.45, 2.75) is 12.6 Å². The molecule has 7 heteroatoms. The summed E-state index contributed by atoms with van der Waals surface area (Å²) in [6.45, 7) is -0.0272. The molecule has 0 atom stereocenters. The van der Waals surface area contributed by atoms with Crippen LogP contribution in [-0.2, 0) is 11.2 Å². The summed E-state index contributed by atoms with van der Waals surface area (Å²) in [6, 6.07) is 0. The Kier molecular flexibility index (Phi) is 3.45. The quantitative estimate of drug-likeness (QED) is 0.842. The van der Waals surface area contributed by atoms with E-state index in [4.69, 9.17) is 0 Å². The molecule has 0 aromatic carbocycles. The SMILES string of the molecule is O=C(NCCc1cncs1)C(F)(F)F. The second-order valence-electron chi connectivity index (χ2n) is 2.47. The normalized spacial score (nSPS) is 11.4. The van der Waals surface area contributed by atoms with E-state index >= 15 is 0 Å². The van der Waals surface area contributed by atoms with E-state index in [9.17, 15) is 18.0 Å². The fraction of sp³-hybridized carbons (Fsp3) is 0.429. The van der Waals surface area contributed by atoms with Crippen LogP contribution in [0.2, 0.25) is 0 Å². The molecule has 0 fully saturated rings. The van der Waals surface area contributed by atoms with Gasteiger partial charge in [-0.2, -0.15) is 13.2 Å². The van der Waals surface area contributed by atoms with Gasteiger partial charge in [0.25, 0.3) is 0 Å². The molecule has 0 aliphatic heterocycles. The molecule has 1 N–H and O–H groups in total. The van der Waals surface area contributed by atoms with Gasteiger partial charge >= 0.3 is 12.1 Å². The monoisotopic (exact) mass is 224 g/mol. The van der Waals surface area contributed by atoms with Crippen LogP contribution in [-0.4, -0.2) is 23.6 Å². The highest BCUT2D eigenvalue weighted by molar-refractivity contribution is 7.09. The van der Waals surface area contributed by atoms with E-state index in [1.807, 2.05) is 0 Å². The van der Waals surface area contributed by atoms with Crippen LogP contribution in [0.1, 0.15) is 4.88 Å². The first-order valence-electron chi connectivity index (χ1n) is 3.72. The Bertz CT molecular complexity index is 296. The molecule has 0 spiro atoms. The molecule has 1 amide bonds. The number of nitrogens with zero attached hydrogens (tertiary/aromatic N) is 1. The molecule has 0 aliphatic carbocycles. The van der Waals surface area contributed by atoms with Gasteiger partial charge in [0.1, 0.15) is 0 Å². The lowest BCUT2D eigenvalue weighted by Gasteiger charge is -2.06. The molecule has 0 radical (unpaired) electrons. The van der Waals surface area contributed by atoms with Gasteiger partial charge < -0.3 is 5.32 Å². The smallest absolute Gasteiger partial charge is 0.348 e. The van der Waals surface area contributed by atoms with Crippen LogP contribution in [0.3, 0.4) is 0 Å². The Labute approximate surface area is 82.0 Å². The number of rotatable bonds is 3. The van der Waals surface area contributed by atoms with Gasteiger partial charge in [0.2, 0.25) is 0 Å². The Morgan fingerprint density at radius 3 is 2.79 bits per heavy atom. The van der Waals surface area contributed by atoms with Crippen LogP contribution in [0.15, 0.2) is 11.7 Å². The van der Waals surface area contributed by atoms with E-state index < -0.39 is 12.1 Å². The molecule has 0 saturated carbocycles. The van der Waals surface area contributed by atoms with E-state index in [2.05, 4.69) is 4.98 Å². The third-order valence-electron chi connectivity index (χ3n) is 1.40. The molecule has 1 heterocycles. The molecule has 1 aromatic heterocycles. The number of amides is 1. The third kappa shape index (κ3) is 3.33. The first-order valence-corrected chi connectivity index (χ1v) is 4.60. The molecule has 0 saturated heterocycles. The first-order chi connectivity index (χ1) is 6.50. The van der Waals surface area contributed by atoms with Gasteiger partial charge in [-0.15, -0.1) is 11.3 Å². The van der Waals surface area contributed by atoms with Crippen molar-refractivity contribution in [1.82, 2.24) is 10.3 Å². The molecule has 0 aliphatic rings. The van der Waals surface area contributed by atoms with E-state index in [-0.39, 0.29) is 6.54 Å². The number of carbonyl (C=O) groups is 1. The Balaban J connectivity index is 2.26. The number of halogens is 3. The van der Waals surface area contributed by atoms with Crippen LogP contribution in [0, 0.1) is 0 Å². The Morgan fingerprint density at radius 2 is 2.29 bits per heavy atom. The summed E-state index contributed by atoms with van der Waals surface area (Å²) in [4.78, 5) is 14.9. The van der Waals surface area contributed by atoms with Gasteiger partial charge in [-0.3, -0.25) is 9.78 Å². The van der Waals surface area contributed by atoms with Gasteiger partial charge in [-0.25, -0.2) is 0 Å². The highest BCUT2D eigenvalue weighted by Gasteiger charge is 2.38. The molecular formula is C7H7F3N2OS. The summed E-state index contributed by atoms with van der Waals surface area (Å²) >= 11 is 1.34. The summed E-state index contributed by atoms with van der Waals surface area (Å²) in [5.74, 6) is -1.90. The maximum absolute atomic E-state index is 11.7.